The van der Waals surface area contributed by atoms with E-state index in [1.807, 2.05) is 0 Å². The van der Waals surface area contributed by atoms with Crippen LogP contribution >= 0.6 is 23.2 Å². The minimum absolute atomic E-state index is 0.0651. The quantitative estimate of drug-likeness (QED) is 0.783. The number of hydrogen-bond acceptors (Lipinski definition) is 4. The van der Waals surface area contributed by atoms with Crippen LogP contribution in [0.1, 0.15) is 6.42 Å². The molecule has 0 radical (unpaired) electrons. The standard InChI is InChI=1S/C17H15Cl2N3O4S/c1-20-15(23)9-13-17(24)21-11-6-2-3-7-12(11)22(13)27(25,26)14-8-4-5-10(18)16(14)19/h2-8,13H,9H2,1H3,(H,20,23)(H,21,24)/t13-/m1/s1. The Balaban J connectivity index is 2.22. The SMILES string of the molecule is CNC(=O)C[C@@H]1C(=O)Nc2ccccc2N1S(=O)(=O)c1cccc(Cl)c1Cl. The fraction of sp³-hybridized carbons (Fsp3) is 0.176. The largest absolute Gasteiger partial charge is 0.359 e. The van der Waals surface area contributed by atoms with Crippen LogP contribution < -0.4 is 14.9 Å². The molecule has 0 saturated heterocycles. The van der Waals surface area contributed by atoms with Crippen LogP contribution in [-0.4, -0.2) is 33.3 Å². The number of nitrogens with one attached hydrogen (secondary N) is 2. The van der Waals surface area contributed by atoms with E-state index in [9.17, 15) is 18.0 Å². The first-order chi connectivity index (χ1) is 12.8. The van der Waals surface area contributed by atoms with Crippen LogP contribution in [0, 0.1) is 0 Å². The van der Waals surface area contributed by atoms with Gasteiger partial charge >= 0.3 is 0 Å². The lowest BCUT2D eigenvalue weighted by Gasteiger charge is -2.36. The highest BCUT2D eigenvalue weighted by atomic mass is 35.5. The number of para-hydroxylation sites is 2. The van der Waals surface area contributed by atoms with Crippen molar-refractivity contribution in [3.05, 3.63) is 52.5 Å². The van der Waals surface area contributed by atoms with E-state index in [1.54, 1.807) is 24.3 Å². The van der Waals surface area contributed by atoms with Gasteiger partial charge in [-0.25, -0.2) is 8.42 Å². The number of amides is 2. The fourth-order valence-corrected chi connectivity index (χ4v) is 5.17. The Kier molecular flexibility index (Phi) is 5.32. The van der Waals surface area contributed by atoms with Gasteiger partial charge in [-0.05, 0) is 24.3 Å². The van der Waals surface area contributed by atoms with Gasteiger partial charge in [-0.3, -0.25) is 13.9 Å². The van der Waals surface area contributed by atoms with Gasteiger partial charge in [-0.2, -0.15) is 0 Å². The van der Waals surface area contributed by atoms with Gasteiger partial charge in [0, 0.05) is 7.05 Å². The zero-order chi connectivity index (χ0) is 19.8. The number of hydrogen-bond donors (Lipinski definition) is 2. The van der Waals surface area contributed by atoms with Crippen LogP contribution in [0.5, 0.6) is 0 Å². The molecule has 2 aromatic rings. The number of halogens is 2. The number of fused-ring (bicyclic) bond motifs is 1. The molecule has 2 N–H and O–H groups in total. The predicted molar refractivity (Wildman–Crippen MR) is 104 cm³/mol. The predicted octanol–water partition coefficient (Wildman–Crippen LogP) is 2.65. The molecule has 0 saturated carbocycles. The van der Waals surface area contributed by atoms with Crippen LogP contribution in [0.15, 0.2) is 47.4 Å². The van der Waals surface area contributed by atoms with Gasteiger partial charge in [0.2, 0.25) is 11.8 Å². The van der Waals surface area contributed by atoms with Gasteiger partial charge in [0.05, 0.1) is 27.8 Å². The van der Waals surface area contributed by atoms with E-state index < -0.39 is 27.9 Å². The normalized spacial score (nSPS) is 16.5. The summed E-state index contributed by atoms with van der Waals surface area (Å²) in [6.07, 6.45) is -0.353. The molecule has 1 aliphatic rings. The van der Waals surface area contributed by atoms with Crippen LogP contribution in [0.4, 0.5) is 11.4 Å². The summed E-state index contributed by atoms with van der Waals surface area (Å²) in [5.74, 6) is -1.09. The smallest absolute Gasteiger partial charge is 0.266 e. The number of carbonyl (C=O) groups is 2. The Morgan fingerprint density at radius 3 is 2.59 bits per heavy atom. The first-order valence-corrected chi connectivity index (χ1v) is 10.1. The van der Waals surface area contributed by atoms with Crippen molar-refractivity contribution in [3.8, 4) is 0 Å². The van der Waals surface area contributed by atoms with E-state index in [0.29, 0.717) is 5.69 Å². The second-order valence-corrected chi connectivity index (χ2v) is 8.32. The zero-order valence-corrected chi connectivity index (χ0v) is 16.4. The molecule has 1 aliphatic heterocycles. The van der Waals surface area contributed by atoms with Crippen molar-refractivity contribution in [2.24, 2.45) is 0 Å². The molecule has 3 rings (SSSR count). The van der Waals surface area contributed by atoms with Gasteiger partial charge < -0.3 is 10.6 Å². The van der Waals surface area contributed by atoms with Crippen LogP contribution in [0.2, 0.25) is 10.0 Å². The number of rotatable bonds is 4. The van der Waals surface area contributed by atoms with Gasteiger partial charge in [-0.15, -0.1) is 0 Å². The van der Waals surface area contributed by atoms with Gasteiger partial charge in [0.15, 0.2) is 0 Å². The van der Waals surface area contributed by atoms with E-state index in [4.69, 9.17) is 23.2 Å². The molecule has 0 aliphatic carbocycles. The molecule has 2 amide bonds. The zero-order valence-electron chi connectivity index (χ0n) is 14.1. The second-order valence-electron chi connectivity index (χ2n) is 5.75. The van der Waals surface area contributed by atoms with Crippen molar-refractivity contribution in [2.45, 2.75) is 17.4 Å². The third kappa shape index (κ3) is 3.47. The molecule has 142 valence electrons. The van der Waals surface area contributed by atoms with Crippen LogP contribution in [0.25, 0.3) is 0 Å². The van der Waals surface area contributed by atoms with Gasteiger partial charge in [-0.1, -0.05) is 41.4 Å². The van der Waals surface area contributed by atoms with Crippen LogP contribution in [-0.2, 0) is 19.6 Å². The monoisotopic (exact) mass is 427 g/mol. The molecule has 2 aromatic carbocycles. The minimum atomic E-state index is -4.29. The summed E-state index contributed by atoms with van der Waals surface area (Å²) in [5, 5.41) is 4.95. The molecule has 27 heavy (non-hydrogen) atoms. The lowest BCUT2D eigenvalue weighted by molar-refractivity contribution is -0.124. The number of nitrogens with zero attached hydrogens (tertiary/aromatic N) is 1. The first kappa shape index (κ1) is 19.5. The molecule has 1 atom stereocenters. The minimum Gasteiger partial charge on any atom is -0.359 e. The molecular formula is C17H15Cl2N3O4S. The Labute approximate surface area is 166 Å². The highest BCUT2D eigenvalue weighted by Crippen LogP contribution is 2.39. The number of anilines is 2. The van der Waals surface area contributed by atoms with Gasteiger partial charge in [0.25, 0.3) is 10.0 Å². The van der Waals surface area contributed by atoms with Crippen molar-refractivity contribution >= 4 is 56.4 Å². The van der Waals surface area contributed by atoms with Crippen molar-refractivity contribution in [3.63, 3.8) is 0 Å². The second kappa shape index (κ2) is 7.38. The van der Waals surface area contributed by atoms with Crippen molar-refractivity contribution in [1.29, 1.82) is 0 Å². The van der Waals surface area contributed by atoms with Crippen LogP contribution in [0.3, 0.4) is 0 Å². The molecule has 7 nitrogen and oxygen atoms in total. The maximum absolute atomic E-state index is 13.4. The fourth-order valence-electron chi connectivity index (χ4n) is 2.80. The average Bonchev–Trinajstić information content (AvgIpc) is 2.63. The van der Waals surface area contributed by atoms with Crippen molar-refractivity contribution in [2.75, 3.05) is 16.7 Å². The summed E-state index contributed by atoms with van der Waals surface area (Å²) in [6, 6.07) is 9.35. The highest BCUT2D eigenvalue weighted by Gasteiger charge is 2.42. The van der Waals surface area contributed by atoms with E-state index in [1.165, 1.54) is 25.2 Å². The molecule has 0 aromatic heterocycles. The summed E-state index contributed by atoms with van der Waals surface area (Å²) >= 11 is 12.1. The molecule has 10 heteroatoms. The summed E-state index contributed by atoms with van der Waals surface area (Å²) in [6.45, 7) is 0. The lowest BCUT2D eigenvalue weighted by atomic mass is 10.1. The van der Waals surface area contributed by atoms with E-state index in [2.05, 4.69) is 10.6 Å². The van der Waals surface area contributed by atoms with Gasteiger partial charge in [0.1, 0.15) is 10.9 Å². The third-order valence-corrected chi connectivity index (χ3v) is 6.89. The Morgan fingerprint density at radius 1 is 1.19 bits per heavy atom. The molecule has 0 fully saturated rings. The maximum atomic E-state index is 13.4. The Morgan fingerprint density at radius 2 is 1.89 bits per heavy atom. The molecule has 1 heterocycles. The lowest BCUT2D eigenvalue weighted by Crippen LogP contribution is -2.52. The third-order valence-electron chi connectivity index (χ3n) is 4.10. The van der Waals surface area contributed by atoms with Crippen molar-refractivity contribution < 1.29 is 18.0 Å². The number of carbonyl (C=O) groups excluding carboxylic acids is 2. The summed E-state index contributed by atoms with van der Waals surface area (Å²) in [4.78, 5) is 24.3. The van der Waals surface area contributed by atoms with E-state index in [0.717, 1.165) is 4.31 Å². The number of benzene rings is 2. The van der Waals surface area contributed by atoms with Crippen molar-refractivity contribution in [1.82, 2.24) is 5.32 Å². The van der Waals surface area contributed by atoms with E-state index in [-0.39, 0.29) is 27.0 Å². The topological polar surface area (TPSA) is 95.6 Å². The summed E-state index contributed by atoms with van der Waals surface area (Å²) < 4.78 is 27.8. The molecule has 0 spiro atoms. The first-order valence-electron chi connectivity index (χ1n) is 7.86. The Bertz CT molecular complexity index is 1030. The molecule has 0 bridgehead atoms. The molecule has 0 unspecified atom stereocenters. The Hall–Kier alpha value is -2.29. The maximum Gasteiger partial charge on any atom is 0.266 e. The molecular weight excluding hydrogens is 413 g/mol. The highest BCUT2D eigenvalue weighted by molar-refractivity contribution is 7.93. The average molecular weight is 428 g/mol. The summed E-state index contributed by atoms with van der Waals surface area (Å²) in [5.41, 5.74) is 0.555. The number of sulfonamides is 1. The summed E-state index contributed by atoms with van der Waals surface area (Å²) in [7, 11) is -2.88. The van der Waals surface area contributed by atoms with E-state index >= 15 is 0 Å².